The fourth-order valence-corrected chi connectivity index (χ4v) is 4.04. The monoisotopic (exact) mass is 162 g/mol. The lowest BCUT2D eigenvalue weighted by Crippen LogP contribution is -2.27. The minimum Gasteiger partial charge on any atom is -0.369 e. The molecule has 12 heavy (non-hydrogen) atoms. The molecule has 0 aromatic heterocycles. The molecule has 0 radical (unpaired) electrons. The van der Waals surface area contributed by atoms with E-state index in [1.54, 1.807) is 0 Å². The highest BCUT2D eigenvalue weighted by Crippen LogP contribution is 2.63. The van der Waals surface area contributed by atoms with Crippen molar-refractivity contribution in [1.29, 1.82) is 0 Å². The second kappa shape index (κ2) is 1.79. The van der Waals surface area contributed by atoms with Crippen LogP contribution >= 0.6 is 0 Å². The molecule has 64 valence electrons. The molecule has 6 atom stereocenters. The maximum absolute atomic E-state index is 5.70. The van der Waals surface area contributed by atoms with Crippen LogP contribution in [0.1, 0.15) is 19.3 Å². The Balaban J connectivity index is 1.78. The first-order valence-electron chi connectivity index (χ1n) is 5.27. The molecule has 3 fully saturated rings. The largest absolute Gasteiger partial charge is 0.369 e. The van der Waals surface area contributed by atoms with Crippen LogP contribution in [-0.4, -0.2) is 12.2 Å². The van der Waals surface area contributed by atoms with Crippen LogP contribution in [0.15, 0.2) is 12.2 Å². The van der Waals surface area contributed by atoms with E-state index in [2.05, 4.69) is 12.2 Å². The van der Waals surface area contributed by atoms with Crippen molar-refractivity contribution >= 4 is 0 Å². The summed E-state index contributed by atoms with van der Waals surface area (Å²) in [6.45, 7) is 0. The number of allylic oxidation sites excluding steroid dienone is 2. The zero-order valence-corrected chi connectivity index (χ0v) is 7.15. The van der Waals surface area contributed by atoms with Gasteiger partial charge in [0.15, 0.2) is 0 Å². The quantitative estimate of drug-likeness (QED) is 0.392. The van der Waals surface area contributed by atoms with Gasteiger partial charge in [0.2, 0.25) is 0 Å². The minimum atomic E-state index is 0.694. The Morgan fingerprint density at radius 2 is 2.00 bits per heavy atom. The Labute approximate surface area is 72.8 Å². The molecule has 3 aliphatic carbocycles. The van der Waals surface area contributed by atoms with Crippen LogP contribution in [0.5, 0.6) is 0 Å². The number of hydrogen-bond acceptors (Lipinski definition) is 1. The van der Waals surface area contributed by atoms with E-state index in [4.69, 9.17) is 4.74 Å². The number of rotatable bonds is 0. The first kappa shape index (κ1) is 6.20. The highest BCUT2D eigenvalue weighted by Gasteiger charge is 2.66. The Morgan fingerprint density at radius 3 is 3.00 bits per heavy atom. The minimum absolute atomic E-state index is 0.694. The standard InChI is InChI=1S/C11H14O/c1-2-4-7-6(3-1)8-5-9(7)11-10(8)12-11/h1,3,6-11H,2,4-5H2. The molecular formula is C11H14O. The van der Waals surface area contributed by atoms with E-state index in [1.165, 1.54) is 19.3 Å². The lowest BCUT2D eigenvalue weighted by molar-refractivity contribution is 0.245. The molecular weight excluding hydrogens is 148 g/mol. The first-order chi connectivity index (χ1) is 5.95. The van der Waals surface area contributed by atoms with Gasteiger partial charge in [0.1, 0.15) is 0 Å². The predicted molar refractivity (Wildman–Crippen MR) is 45.6 cm³/mol. The Kier molecular flexibility index (Phi) is 0.926. The molecule has 2 saturated carbocycles. The average molecular weight is 162 g/mol. The molecule has 2 bridgehead atoms. The summed E-state index contributed by atoms with van der Waals surface area (Å²) in [7, 11) is 0. The highest BCUT2D eigenvalue weighted by atomic mass is 16.6. The highest BCUT2D eigenvalue weighted by molar-refractivity contribution is 5.19. The summed E-state index contributed by atoms with van der Waals surface area (Å²) in [4.78, 5) is 0. The summed E-state index contributed by atoms with van der Waals surface area (Å²) < 4.78 is 5.70. The molecule has 1 heteroatoms. The third kappa shape index (κ3) is 0.545. The zero-order chi connectivity index (χ0) is 7.71. The van der Waals surface area contributed by atoms with Crippen LogP contribution in [0.2, 0.25) is 0 Å². The number of hydrogen-bond donors (Lipinski definition) is 0. The molecule has 1 aliphatic heterocycles. The van der Waals surface area contributed by atoms with Crippen molar-refractivity contribution in [3.05, 3.63) is 12.2 Å². The summed E-state index contributed by atoms with van der Waals surface area (Å²) in [5, 5.41) is 0. The number of fused-ring (bicyclic) bond motifs is 8. The molecule has 1 heterocycles. The fraction of sp³-hybridized carbons (Fsp3) is 0.818. The normalized spacial score (nSPS) is 64.7. The Morgan fingerprint density at radius 1 is 1.08 bits per heavy atom. The van der Waals surface area contributed by atoms with Crippen LogP contribution in [0, 0.1) is 23.7 Å². The second-order valence-electron chi connectivity index (χ2n) is 4.88. The van der Waals surface area contributed by atoms with Gasteiger partial charge in [-0.15, -0.1) is 0 Å². The summed E-state index contributed by atoms with van der Waals surface area (Å²) in [6.07, 6.45) is 10.5. The van der Waals surface area contributed by atoms with Gasteiger partial charge in [0.05, 0.1) is 12.2 Å². The van der Waals surface area contributed by atoms with E-state index in [9.17, 15) is 0 Å². The average Bonchev–Trinajstić information content (AvgIpc) is 2.74. The van der Waals surface area contributed by atoms with Gasteiger partial charge in [0.25, 0.3) is 0 Å². The molecule has 0 amide bonds. The van der Waals surface area contributed by atoms with E-state index in [1.807, 2.05) is 0 Å². The van der Waals surface area contributed by atoms with E-state index >= 15 is 0 Å². The number of epoxide rings is 1. The van der Waals surface area contributed by atoms with Crippen LogP contribution in [0.25, 0.3) is 0 Å². The third-order valence-corrected chi connectivity index (χ3v) is 4.51. The molecule has 1 nitrogen and oxygen atoms in total. The molecule has 4 rings (SSSR count). The van der Waals surface area contributed by atoms with Gasteiger partial charge < -0.3 is 4.74 Å². The smallest absolute Gasteiger partial charge is 0.0878 e. The van der Waals surface area contributed by atoms with E-state index in [0.29, 0.717) is 12.2 Å². The predicted octanol–water partition coefficient (Wildman–Crippen LogP) is 1.99. The lowest BCUT2D eigenvalue weighted by atomic mass is 9.74. The molecule has 0 spiro atoms. The van der Waals surface area contributed by atoms with Gasteiger partial charge >= 0.3 is 0 Å². The molecule has 1 saturated heterocycles. The SMILES string of the molecule is C1=CC2C(CC1)C1CC2C2OC12. The zero-order valence-electron chi connectivity index (χ0n) is 7.15. The lowest BCUT2D eigenvalue weighted by Gasteiger charge is -2.29. The summed E-state index contributed by atoms with van der Waals surface area (Å²) in [5.41, 5.74) is 0. The van der Waals surface area contributed by atoms with Gasteiger partial charge in [0, 0.05) is 0 Å². The third-order valence-electron chi connectivity index (χ3n) is 4.51. The van der Waals surface area contributed by atoms with Crippen LogP contribution in [0.4, 0.5) is 0 Å². The van der Waals surface area contributed by atoms with Crippen LogP contribution in [0.3, 0.4) is 0 Å². The molecule has 0 aromatic rings. The second-order valence-corrected chi connectivity index (χ2v) is 4.88. The Bertz CT molecular complexity index is 258. The van der Waals surface area contributed by atoms with Crippen molar-refractivity contribution in [1.82, 2.24) is 0 Å². The maximum atomic E-state index is 5.70. The van der Waals surface area contributed by atoms with Crippen LogP contribution < -0.4 is 0 Å². The van der Waals surface area contributed by atoms with Gasteiger partial charge in [-0.25, -0.2) is 0 Å². The molecule has 0 N–H and O–H groups in total. The topological polar surface area (TPSA) is 12.5 Å². The molecule has 0 aromatic carbocycles. The van der Waals surface area contributed by atoms with Crippen molar-refractivity contribution in [3.8, 4) is 0 Å². The van der Waals surface area contributed by atoms with Crippen molar-refractivity contribution in [2.45, 2.75) is 31.5 Å². The van der Waals surface area contributed by atoms with E-state index in [0.717, 1.165) is 23.7 Å². The molecule has 6 unspecified atom stereocenters. The fourth-order valence-electron chi connectivity index (χ4n) is 4.04. The van der Waals surface area contributed by atoms with Gasteiger partial charge in [-0.2, -0.15) is 0 Å². The van der Waals surface area contributed by atoms with E-state index < -0.39 is 0 Å². The van der Waals surface area contributed by atoms with Crippen LogP contribution in [-0.2, 0) is 4.74 Å². The van der Waals surface area contributed by atoms with Crippen molar-refractivity contribution < 1.29 is 4.74 Å². The first-order valence-corrected chi connectivity index (χ1v) is 5.27. The Hall–Kier alpha value is -0.300. The van der Waals surface area contributed by atoms with E-state index in [-0.39, 0.29) is 0 Å². The molecule has 4 aliphatic rings. The summed E-state index contributed by atoms with van der Waals surface area (Å²) in [6, 6.07) is 0. The summed E-state index contributed by atoms with van der Waals surface area (Å²) in [5.74, 6) is 3.78. The van der Waals surface area contributed by atoms with Crippen molar-refractivity contribution in [2.75, 3.05) is 0 Å². The van der Waals surface area contributed by atoms with Gasteiger partial charge in [-0.3, -0.25) is 0 Å². The van der Waals surface area contributed by atoms with Gasteiger partial charge in [-0.05, 0) is 42.9 Å². The van der Waals surface area contributed by atoms with Crippen molar-refractivity contribution in [2.24, 2.45) is 23.7 Å². The van der Waals surface area contributed by atoms with Gasteiger partial charge in [-0.1, -0.05) is 12.2 Å². The number of ether oxygens (including phenoxy) is 1. The van der Waals surface area contributed by atoms with Crippen molar-refractivity contribution in [3.63, 3.8) is 0 Å². The maximum Gasteiger partial charge on any atom is 0.0878 e. The summed E-state index contributed by atoms with van der Waals surface area (Å²) >= 11 is 0.